The summed E-state index contributed by atoms with van der Waals surface area (Å²) in [5.74, 6) is 0.703. The zero-order chi connectivity index (χ0) is 13.2. The highest BCUT2D eigenvalue weighted by atomic mass is 16.1. The second-order valence-corrected chi connectivity index (χ2v) is 3.65. The van der Waals surface area contributed by atoms with Crippen LogP contribution in [0.25, 0.3) is 0 Å². The highest BCUT2D eigenvalue weighted by Gasteiger charge is 1.98. The molecule has 0 saturated carbocycles. The predicted octanol–water partition coefficient (Wildman–Crippen LogP) is -0.842. The molecule has 3 N–H and O–H groups in total. The van der Waals surface area contributed by atoms with E-state index in [-0.39, 0.29) is 12.3 Å². The molecule has 1 heterocycles. The Kier molecular flexibility index (Phi) is 6.21. The molecule has 0 aliphatic heterocycles. The zero-order valence-corrected chi connectivity index (χ0v) is 10.2. The summed E-state index contributed by atoms with van der Waals surface area (Å²) in [7, 11) is 0. The molecule has 0 atom stereocenters. The number of carbonyl (C=O) groups is 1. The normalized spacial score (nSPS) is 11.2. The number of hydrogen-bond donors (Lipinski definition) is 2. The molecule has 0 aliphatic rings. The van der Waals surface area contributed by atoms with Crippen LogP contribution < -0.4 is 10.7 Å². The van der Waals surface area contributed by atoms with Crippen LogP contribution in [0.1, 0.15) is 12.2 Å². The molecule has 94 valence electrons. The van der Waals surface area contributed by atoms with Crippen LogP contribution in [0, 0.1) is 0 Å². The Morgan fingerprint density at radius 1 is 1.44 bits per heavy atom. The summed E-state index contributed by atoms with van der Waals surface area (Å²) < 4.78 is 0. The Bertz CT molecular complexity index is 451. The van der Waals surface area contributed by atoms with Crippen molar-refractivity contribution in [3.05, 3.63) is 48.6 Å². The topological polar surface area (TPSA) is 82.8 Å². The van der Waals surface area contributed by atoms with Gasteiger partial charge in [0.05, 0.1) is 6.54 Å². The van der Waals surface area contributed by atoms with Crippen molar-refractivity contribution in [3.63, 3.8) is 0 Å². The lowest BCUT2D eigenvalue weighted by molar-refractivity contribution is -0.470. The van der Waals surface area contributed by atoms with E-state index in [0.717, 1.165) is 11.4 Å². The van der Waals surface area contributed by atoms with Gasteiger partial charge in [-0.3, -0.25) is 4.79 Å². The Morgan fingerprint density at radius 3 is 2.83 bits per heavy atom. The van der Waals surface area contributed by atoms with Crippen molar-refractivity contribution >= 4 is 12.0 Å². The molecule has 0 fully saturated rings. The summed E-state index contributed by atoms with van der Waals surface area (Å²) in [6.45, 7) is 4.37. The average Bonchev–Trinajstić information content (AvgIpc) is 2.39. The van der Waals surface area contributed by atoms with Crippen LogP contribution in [-0.4, -0.2) is 28.5 Å². The van der Waals surface area contributed by atoms with E-state index in [1.165, 1.54) is 0 Å². The fourth-order valence-electron chi connectivity index (χ4n) is 1.21. The number of Topliss-reactive ketones (excluding diaryl/α,β-unsaturated/α-hetero) is 1. The van der Waals surface area contributed by atoms with Gasteiger partial charge >= 0.3 is 0 Å². The molecule has 1 aromatic heterocycles. The molecule has 0 radical (unpaired) electrons. The van der Waals surface area contributed by atoms with Gasteiger partial charge in [-0.25, -0.2) is 15.0 Å². The number of rotatable bonds is 7. The lowest BCUT2D eigenvalue weighted by atomic mass is 10.1. The Labute approximate surface area is 106 Å². The van der Waals surface area contributed by atoms with Crippen molar-refractivity contribution in [2.24, 2.45) is 5.73 Å². The minimum Gasteiger partial charge on any atom is -0.324 e. The standard InChI is InChI=1S/C13H16N4O/c1-11(8-12(18)9-14)4-2-5-15-10-13-16-6-3-7-17-13/h2-7H,1,8-10,14H2/p+1/b4-2-,15-5?. The number of carbonyl (C=O) groups excluding carboxylic acids is 1. The van der Waals surface area contributed by atoms with Crippen molar-refractivity contribution in [1.82, 2.24) is 9.97 Å². The molecule has 0 unspecified atom stereocenters. The first-order valence-electron chi connectivity index (χ1n) is 5.61. The Hall–Kier alpha value is -2.14. The van der Waals surface area contributed by atoms with Gasteiger partial charge in [-0.15, -0.1) is 0 Å². The summed E-state index contributed by atoms with van der Waals surface area (Å²) >= 11 is 0. The number of nitrogens with one attached hydrogen (secondary N) is 1. The van der Waals surface area contributed by atoms with Gasteiger partial charge < -0.3 is 5.73 Å². The van der Waals surface area contributed by atoms with E-state index in [2.05, 4.69) is 21.5 Å². The number of nitrogens with zero attached hydrogens (tertiary/aromatic N) is 2. The highest BCUT2D eigenvalue weighted by molar-refractivity contribution is 5.83. The third kappa shape index (κ3) is 5.81. The maximum atomic E-state index is 11.0. The summed E-state index contributed by atoms with van der Waals surface area (Å²) in [4.78, 5) is 22.2. The maximum Gasteiger partial charge on any atom is 0.200 e. The van der Waals surface area contributed by atoms with Crippen molar-refractivity contribution in [2.75, 3.05) is 6.54 Å². The molecule has 18 heavy (non-hydrogen) atoms. The van der Waals surface area contributed by atoms with Crippen molar-refractivity contribution in [2.45, 2.75) is 13.0 Å². The summed E-state index contributed by atoms with van der Waals surface area (Å²) in [6, 6.07) is 1.77. The molecule has 1 rings (SSSR count). The smallest absolute Gasteiger partial charge is 0.200 e. The van der Waals surface area contributed by atoms with Crippen LogP contribution in [-0.2, 0) is 11.3 Å². The third-order valence-corrected chi connectivity index (χ3v) is 2.08. The fraction of sp³-hybridized carbons (Fsp3) is 0.231. The van der Waals surface area contributed by atoms with Gasteiger partial charge in [0.2, 0.25) is 0 Å². The van der Waals surface area contributed by atoms with Gasteiger partial charge in [-0.1, -0.05) is 12.7 Å². The molecule has 0 saturated heterocycles. The molecular formula is C13H17N4O+. The van der Waals surface area contributed by atoms with E-state index in [1.54, 1.807) is 36.8 Å². The molecule has 0 spiro atoms. The molecule has 0 bridgehead atoms. The van der Waals surface area contributed by atoms with Gasteiger partial charge in [0, 0.05) is 24.9 Å². The van der Waals surface area contributed by atoms with Crippen LogP contribution in [0.5, 0.6) is 0 Å². The molecular weight excluding hydrogens is 228 g/mol. The van der Waals surface area contributed by atoms with Gasteiger partial charge in [-0.05, 0) is 11.6 Å². The maximum absolute atomic E-state index is 11.0. The number of aromatic nitrogens is 2. The van der Waals surface area contributed by atoms with E-state index in [9.17, 15) is 4.79 Å². The van der Waals surface area contributed by atoms with Crippen LogP contribution in [0.2, 0.25) is 0 Å². The summed E-state index contributed by atoms with van der Waals surface area (Å²) in [6.07, 6.45) is 9.00. The van der Waals surface area contributed by atoms with E-state index in [4.69, 9.17) is 5.73 Å². The van der Waals surface area contributed by atoms with Crippen molar-refractivity contribution in [3.8, 4) is 0 Å². The third-order valence-electron chi connectivity index (χ3n) is 2.08. The Morgan fingerprint density at radius 2 is 2.17 bits per heavy atom. The number of allylic oxidation sites excluding steroid dienone is 3. The minimum absolute atomic E-state index is 0.0182. The van der Waals surface area contributed by atoms with Gasteiger partial charge in [0.15, 0.2) is 24.4 Å². The monoisotopic (exact) mass is 245 g/mol. The number of ketones is 1. The van der Waals surface area contributed by atoms with Crippen molar-refractivity contribution < 1.29 is 9.79 Å². The molecule has 5 heteroatoms. The molecule has 5 nitrogen and oxygen atoms in total. The molecule has 0 aliphatic carbocycles. The predicted molar refractivity (Wildman–Crippen MR) is 69.7 cm³/mol. The average molecular weight is 245 g/mol. The van der Waals surface area contributed by atoms with E-state index in [1.807, 2.05) is 0 Å². The second-order valence-electron chi connectivity index (χ2n) is 3.65. The van der Waals surface area contributed by atoms with Gasteiger partial charge in [0.25, 0.3) is 0 Å². The van der Waals surface area contributed by atoms with Crippen LogP contribution in [0.15, 0.2) is 42.8 Å². The quantitative estimate of drug-likeness (QED) is 0.484. The fourth-order valence-corrected chi connectivity index (χ4v) is 1.21. The first-order chi connectivity index (χ1) is 8.72. The van der Waals surface area contributed by atoms with E-state index in [0.29, 0.717) is 13.0 Å². The van der Waals surface area contributed by atoms with E-state index >= 15 is 0 Å². The van der Waals surface area contributed by atoms with Crippen molar-refractivity contribution in [1.29, 1.82) is 0 Å². The minimum atomic E-state index is -0.0182. The summed E-state index contributed by atoms with van der Waals surface area (Å²) in [5.41, 5.74) is 5.95. The summed E-state index contributed by atoms with van der Waals surface area (Å²) in [5, 5.41) is 0. The largest absolute Gasteiger partial charge is 0.324 e. The van der Waals surface area contributed by atoms with Crippen LogP contribution in [0.4, 0.5) is 0 Å². The van der Waals surface area contributed by atoms with E-state index < -0.39 is 0 Å². The number of nitrogens with two attached hydrogens (primary N) is 1. The molecule has 1 aromatic rings. The van der Waals surface area contributed by atoms with Crippen LogP contribution in [0.3, 0.4) is 0 Å². The molecule has 0 aromatic carbocycles. The lowest BCUT2D eigenvalue weighted by Crippen LogP contribution is -2.66. The Balaban J connectivity index is 2.32. The second kappa shape index (κ2) is 8.03. The SMILES string of the molecule is C=C(/C=C\C=[NH+]Cc1ncccn1)CC(=O)CN. The molecule has 0 amide bonds. The zero-order valence-electron chi connectivity index (χ0n) is 10.2. The first kappa shape index (κ1) is 13.9. The first-order valence-corrected chi connectivity index (χ1v) is 5.61. The highest BCUT2D eigenvalue weighted by Crippen LogP contribution is 1.98. The van der Waals surface area contributed by atoms with Crippen LogP contribution >= 0.6 is 0 Å². The lowest BCUT2D eigenvalue weighted by Gasteiger charge is -1.94. The van der Waals surface area contributed by atoms with Gasteiger partial charge in [-0.2, -0.15) is 0 Å². The number of hydrogen-bond acceptors (Lipinski definition) is 4. The van der Waals surface area contributed by atoms with Gasteiger partial charge in [0.1, 0.15) is 0 Å².